The third-order valence-electron chi connectivity index (χ3n) is 4.43. The Morgan fingerprint density at radius 2 is 1.50 bits per heavy atom. The number of carbonyl (C=O) groups is 4. The Morgan fingerprint density at radius 1 is 0.938 bits per heavy atom. The molecule has 0 aliphatic carbocycles. The van der Waals surface area contributed by atoms with Crippen LogP contribution in [0.5, 0.6) is 0 Å². The summed E-state index contributed by atoms with van der Waals surface area (Å²) in [4.78, 5) is 47.5. The zero-order valence-corrected chi connectivity index (χ0v) is 17.5. The molecule has 0 bridgehead atoms. The molecule has 2 aromatic carbocycles. The largest absolute Gasteiger partial charge is 0.461 e. The number of amides is 2. The van der Waals surface area contributed by atoms with Crippen LogP contribution < -0.4 is 10.6 Å². The van der Waals surface area contributed by atoms with Crippen LogP contribution in [0.4, 0.5) is 8.78 Å². The molecule has 0 spiro atoms. The Hall–Kier alpha value is -3.62. The molecule has 0 radical (unpaired) electrons. The van der Waals surface area contributed by atoms with Crippen LogP contribution in [0.1, 0.15) is 24.5 Å². The number of ether oxygens (including phenoxy) is 1. The fraction of sp³-hybridized carbons (Fsp3) is 0.304. The van der Waals surface area contributed by atoms with Gasteiger partial charge in [-0.05, 0) is 11.1 Å². The second kappa shape index (κ2) is 11.7. The molecule has 0 saturated heterocycles. The van der Waals surface area contributed by atoms with E-state index in [9.17, 15) is 28.0 Å². The number of halogens is 2. The van der Waals surface area contributed by atoms with Crippen molar-refractivity contribution in [3.05, 3.63) is 71.8 Å². The molecule has 9 heteroatoms. The lowest BCUT2D eigenvalue weighted by molar-refractivity contribution is -0.160. The van der Waals surface area contributed by atoms with Gasteiger partial charge in [-0.15, -0.1) is 0 Å². The fourth-order valence-electron chi connectivity index (χ4n) is 2.83. The maximum Gasteiger partial charge on any atom is 0.383 e. The van der Waals surface area contributed by atoms with E-state index in [0.717, 1.165) is 12.5 Å². The first-order valence-electron chi connectivity index (χ1n) is 9.91. The van der Waals surface area contributed by atoms with Gasteiger partial charge in [0.15, 0.2) is 0 Å². The quantitative estimate of drug-likeness (QED) is 0.407. The molecule has 0 aliphatic heterocycles. The minimum Gasteiger partial charge on any atom is -0.461 e. The summed E-state index contributed by atoms with van der Waals surface area (Å²) in [5.41, 5.74) is 1.29. The van der Waals surface area contributed by atoms with E-state index in [1.54, 1.807) is 60.7 Å². The Kier molecular flexibility index (Phi) is 9.00. The average molecular weight is 446 g/mol. The number of rotatable bonds is 11. The smallest absolute Gasteiger partial charge is 0.383 e. The van der Waals surface area contributed by atoms with Gasteiger partial charge in [0.25, 0.3) is 5.91 Å². The van der Waals surface area contributed by atoms with Gasteiger partial charge in [-0.2, -0.15) is 8.78 Å². The van der Waals surface area contributed by atoms with Crippen LogP contribution in [-0.4, -0.2) is 42.1 Å². The molecule has 1 atom stereocenters. The van der Waals surface area contributed by atoms with Crippen LogP contribution in [-0.2, 0) is 36.9 Å². The molecule has 0 saturated carbocycles. The summed E-state index contributed by atoms with van der Waals surface area (Å²) < 4.78 is 34.0. The summed E-state index contributed by atoms with van der Waals surface area (Å²) in [6.07, 6.45) is -0.546. The van der Waals surface area contributed by atoms with E-state index in [1.165, 1.54) is 0 Å². The van der Waals surface area contributed by atoms with Crippen LogP contribution >= 0.6 is 0 Å². The maximum atomic E-state index is 14.5. The van der Waals surface area contributed by atoms with Gasteiger partial charge in [0.05, 0.1) is 12.5 Å². The molecule has 2 amide bonds. The van der Waals surface area contributed by atoms with E-state index in [0.29, 0.717) is 5.56 Å². The zero-order chi connectivity index (χ0) is 23.6. The van der Waals surface area contributed by atoms with Crippen molar-refractivity contribution >= 4 is 23.6 Å². The topological polar surface area (TPSA) is 102 Å². The van der Waals surface area contributed by atoms with Crippen molar-refractivity contribution in [1.82, 2.24) is 10.6 Å². The summed E-state index contributed by atoms with van der Waals surface area (Å²) in [6, 6.07) is 15.5. The lowest BCUT2D eigenvalue weighted by atomic mass is 9.98. The lowest BCUT2D eigenvalue weighted by Gasteiger charge is -2.22. The van der Waals surface area contributed by atoms with Gasteiger partial charge in [0.2, 0.25) is 11.7 Å². The number of benzene rings is 2. The van der Waals surface area contributed by atoms with Crippen molar-refractivity contribution in [1.29, 1.82) is 0 Å². The Balaban J connectivity index is 1.89. The molecular weight excluding hydrogens is 422 g/mol. The molecule has 0 aliphatic rings. The van der Waals surface area contributed by atoms with Crippen molar-refractivity contribution in [2.45, 2.75) is 38.3 Å². The number of hydrogen-bond acceptors (Lipinski definition) is 5. The molecule has 2 N–H and O–H groups in total. The minimum absolute atomic E-state index is 0.0140. The summed E-state index contributed by atoms with van der Waals surface area (Å²) in [7, 11) is 0. The summed E-state index contributed by atoms with van der Waals surface area (Å²) in [5, 5.41) is 4.05. The summed E-state index contributed by atoms with van der Waals surface area (Å²) in [6.45, 7) is 0.670. The molecule has 2 rings (SSSR count). The molecule has 170 valence electrons. The Bertz CT molecular complexity index is 936. The van der Waals surface area contributed by atoms with E-state index in [2.05, 4.69) is 5.32 Å². The first kappa shape index (κ1) is 24.6. The highest BCUT2D eigenvalue weighted by molar-refractivity contribution is 6.10. The zero-order valence-electron chi connectivity index (χ0n) is 17.5. The molecule has 0 fully saturated rings. The first-order valence-corrected chi connectivity index (χ1v) is 9.91. The van der Waals surface area contributed by atoms with Gasteiger partial charge in [-0.3, -0.25) is 19.2 Å². The molecule has 2 aromatic rings. The third kappa shape index (κ3) is 7.57. The number of nitrogens with one attached hydrogen (secondary N) is 2. The van der Waals surface area contributed by atoms with E-state index in [-0.39, 0.29) is 19.4 Å². The van der Waals surface area contributed by atoms with Gasteiger partial charge >= 0.3 is 11.9 Å². The summed E-state index contributed by atoms with van der Waals surface area (Å²) >= 11 is 0. The second-order valence-corrected chi connectivity index (χ2v) is 7.03. The average Bonchev–Trinajstić information content (AvgIpc) is 2.77. The predicted octanol–water partition coefficient (Wildman–Crippen LogP) is 2.19. The van der Waals surface area contributed by atoms with E-state index < -0.39 is 42.1 Å². The first-order chi connectivity index (χ1) is 15.2. The SMILES string of the molecule is CC(=O)NC(Cc1ccccc1)C(=O)C(F)(F)C(=O)NCCC(=O)OCc1ccccc1. The number of esters is 1. The molecular formula is C23H24F2N2O5. The van der Waals surface area contributed by atoms with Gasteiger partial charge in [0, 0.05) is 19.9 Å². The number of carbonyl (C=O) groups excluding carboxylic acids is 4. The van der Waals surface area contributed by atoms with Crippen molar-refractivity contribution in [2.75, 3.05) is 6.54 Å². The lowest BCUT2D eigenvalue weighted by Crippen LogP contribution is -2.55. The monoisotopic (exact) mass is 446 g/mol. The second-order valence-electron chi connectivity index (χ2n) is 7.03. The van der Waals surface area contributed by atoms with Crippen LogP contribution in [0.3, 0.4) is 0 Å². The molecule has 32 heavy (non-hydrogen) atoms. The Labute approximate surface area is 184 Å². The minimum atomic E-state index is -4.39. The van der Waals surface area contributed by atoms with Crippen LogP contribution in [0.25, 0.3) is 0 Å². The van der Waals surface area contributed by atoms with Crippen LogP contribution in [0, 0.1) is 0 Å². The standard InChI is InChI=1S/C23H24F2N2O5/c1-16(28)27-19(14-17-8-4-2-5-9-17)21(30)23(24,25)22(31)26-13-12-20(29)32-15-18-10-6-3-7-11-18/h2-11,19H,12-15H2,1H3,(H,26,31)(H,27,28). The molecule has 7 nitrogen and oxygen atoms in total. The molecule has 1 unspecified atom stereocenters. The van der Waals surface area contributed by atoms with E-state index in [1.807, 2.05) is 5.32 Å². The van der Waals surface area contributed by atoms with Crippen molar-refractivity contribution < 1.29 is 32.7 Å². The number of alkyl halides is 2. The number of Topliss-reactive ketones (excluding diaryl/α,β-unsaturated/α-hetero) is 1. The Morgan fingerprint density at radius 3 is 2.06 bits per heavy atom. The number of hydrogen-bond donors (Lipinski definition) is 2. The van der Waals surface area contributed by atoms with Gasteiger partial charge in [-0.25, -0.2) is 0 Å². The molecule has 0 heterocycles. The third-order valence-corrected chi connectivity index (χ3v) is 4.43. The van der Waals surface area contributed by atoms with Crippen molar-refractivity contribution in [3.63, 3.8) is 0 Å². The van der Waals surface area contributed by atoms with E-state index >= 15 is 0 Å². The highest BCUT2D eigenvalue weighted by atomic mass is 19.3. The van der Waals surface area contributed by atoms with E-state index in [4.69, 9.17) is 4.74 Å². The van der Waals surface area contributed by atoms with Gasteiger partial charge in [-0.1, -0.05) is 60.7 Å². The highest BCUT2D eigenvalue weighted by Crippen LogP contribution is 2.19. The fourth-order valence-corrected chi connectivity index (χ4v) is 2.83. The molecule has 0 aromatic heterocycles. The predicted molar refractivity (Wildman–Crippen MR) is 112 cm³/mol. The van der Waals surface area contributed by atoms with Gasteiger partial charge in [0.1, 0.15) is 6.61 Å². The van der Waals surface area contributed by atoms with Crippen molar-refractivity contribution in [3.8, 4) is 0 Å². The summed E-state index contributed by atoms with van der Waals surface area (Å²) in [5.74, 6) is -9.35. The van der Waals surface area contributed by atoms with Crippen molar-refractivity contribution in [2.24, 2.45) is 0 Å². The highest BCUT2D eigenvalue weighted by Gasteiger charge is 2.50. The van der Waals surface area contributed by atoms with Crippen LogP contribution in [0.2, 0.25) is 0 Å². The van der Waals surface area contributed by atoms with Crippen LogP contribution in [0.15, 0.2) is 60.7 Å². The normalized spacial score (nSPS) is 11.8. The van der Waals surface area contributed by atoms with Gasteiger partial charge < -0.3 is 15.4 Å². The number of ketones is 1. The maximum absolute atomic E-state index is 14.5.